The standard InChI is InChI=1S/C18H17F5N2O4/c1-8-11(9-4-5-10(19)12(20)13(9)27-3)14(29-17(8,2)18(21,22)23)15(26)25-16-24-6-7-28-16/h4-8,11,14H,1-3H3,(H,24,25,26)/t8-,11-,14+,17+/m0/s1. The van der Waals surface area contributed by atoms with Gasteiger partial charge in [-0.2, -0.15) is 17.6 Å². The Bertz CT molecular complexity index is 902. The van der Waals surface area contributed by atoms with Gasteiger partial charge < -0.3 is 13.9 Å². The van der Waals surface area contributed by atoms with Crippen molar-refractivity contribution in [3.8, 4) is 5.75 Å². The van der Waals surface area contributed by atoms with Gasteiger partial charge in [0.2, 0.25) is 5.82 Å². The molecule has 1 aromatic carbocycles. The number of aromatic nitrogens is 1. The number of anilines is 1. The first-order valence-corrected chi connectivity index (χ1v) is 8.48. The summed E-state index contributed by atoms with van der Waals surface area (Å²) in [6.45, 7) is 2.02. The summed E-state index contributed by atoms with van der Waals surface area (Å²) >= 11 is 0. The Morgan fingerprint density at radius 2 is 2.00 bits per heavy atom. The molecule has 0 saturated carbocycles. The van der Waals surface area contributed by atoms with E-state index in [1.54, 1.807) is 0 Å². The minimum Gasteiger partial charge on any atom is -0.493 e. The lowest BCUT2D eigenvalue weighted by atomic mass is 9.77. The first-order valence-electron chi connectivity index (χ1n) is 8.48. The third-order valence-electron chi connectivity index (χ3n) is 5.23. The number of ether oxygens (including phenoxy) is 2. The highest BCUT2D eigenvalue weighted by Crippen LogP contribution is 2.54. The summed E-state index contributed by atoms with van der Waals surface area (Å²) in [6.07, 6.45) is -4.16. The zero-order chi connectivity index (χ0) is 21.6. The molecule has 6 nitrogen and oxygen atoms in total. The predicted molar refractivity (Wildman–Crippen MR) is 89.3 cm³/mol. The van der Waals surface area contributed by atoms with Crippen LogP contribution >= 0.6 is 0 Å². The van der Waals surface area contributed by atoms with Gasteiger partial charge >= 0.3 is 12.2 Å². The molecule has 0 aliphatic carbocycles. The maximum atomic E-state index is 14.2. The average molecular weight is 420 g/mol. The van der Waals surface area contributed by atoms with Gasteiger partial charge in [-0.3, -0.25) is 10.1 Å². The van der Waals surface area contributed by atoms with Crippen molar-refractivity contribution in [2.75, 3.05) is 12.4 Å². The molecule has 1 N–H and O–H groups in total. The van der Waals surface area contributed by atoms with Crippen LogP contribution in [0.15, 0.2) is 29.0 Å². The van der Waals surface area contributed by atoms with Crippen molar-refractivity contribution in [1.82, 2.24) is 4.98 Å². The minimum atomic E-state index is -4.84. The summed E-state index contributed by atoms with van der Waals surface area (Å²) in [5, 5.41) is 2.22. The number of methoxy groups -OCH3 is 1. The molecule has 0 spiro atoms. The van der Waals surface area contributed by atoms with Gasteiger partial charge in [0.05, 0.1) is 13.3 Å². The van der Waals surface area contributed by atoms with Crippen molar-refractivity contribution < 1.29 is 40.6 Å². The quantitative estimate of drug-likeness (QED) is 0.756. The fourth-order valence-electron chi connectivity index (χ4n) is 3.50. The molecule has 4 atom stereocenters. The van der Waals surface area contributed by atoms with Crippen LogP contribution in [-0.2, 0) is 9.53 Å². The molecule has 0 bridgehead atoms. The molecule has 1 fully saturated rings. The Labute approximate surface area is 162 Å². The molecular formula is C18H17F5N2O4. The Balaban J connectivity index is 2.10. The summed E-state index contributed by atoms with van der Waals surface area (Å²) < 4.78 is 84.1. The summed E-state index contributed by atoms with van der Waals surface area (Å²) in [5.74, 6) is -6.83. The number of nitrogens with one attached hydrogen (secondary N) is 1. The molecule has 158 valence electrons. The topological polar surface area (TPSA) is 73.6 Å². The van der Waals surface area contributed by atoms with Gasteiger partial charge in [-0.25, -0.2) is 9.37 Å². The summed E-state index contributed by atoms with van der Waals surface area (Å²) in [7, 11) is 1.05. The molecule has 1 aliphatic rings. The highest BCUT2D eigenvalue weighted by molar-refractivity contribution is 5.93. The predicted octanol–water partition coefficient (Wildman–Crippen LogP) is 4.04. The van der Waals surface area contributed by atoms with E-state index in [1.165, 1.54) is 13.1 Å². The summed E-state index contributed by atoms with van der Waals surface area (Å²) in [4.78, 5) is 16.4. The molecular weight excluding hydrogens is 403 g/mol. The van der Waals surface area contributed by atoms with Gasteiger partial charge in [-0.05, 0) is 13.0 Å². The first kappa shape index (κ1) is 21.0. The van der Waals surface area contributed by atoms with Crippen molar-refractivity contribution in [3.63, 3.8) is 0 Å². The molecule has 1 amide bonds. The van der Waals surface area contributed by atoms with Gasteiger partial charge in [0, 0.05) is 17.4 Å². The normalized spacial score (nSPS) is 27.1. The van der Waals surface area contributed by atoms with Crippen molar-refractivity contribution in [3.05, 3.63) is 41.8 Å². The maximum Gasteiger partial charge on any atom is 0.417 e. The fraction of sp³-hybridized carbons (Fsp3) is 0.444. The molecule has 11 heteroatoms. The third kappa shape index (κ3) is 3.43. The van der Waals surface area contributed by atoms with Crippen LogP contribution in [0.5, 0.6) is 5.75 Å². The van der Waals surface area contributed by atoms with Crippen LogP contribution in [0.1, 0.15) is 25.3 Å². The highest BCUT2D eigenvalue weighted by atomic mass is 19.4. The summed E-state index contributed by atoms with van der Waals surface area (Å²) in [6, 6.07) is 1.59. The molecule has 1 aromatic heterocycles. The van der Waals surface area contributed by atoms with Crippen LogP contribution in [0.25, 0.3) is 0 Å². The number of carbonyl (C=O) groups is 1. The fourth-order valence-corrected chi connectivity index (χ4v) is 3.50. The minimum absolute atomic E-state index is 0.126. The van der Waals surface area contributed by atoms with Crippen molar-refractivity contribution in [2.24, 2.45) is 5.92 Å². The van der Waals surface area contributed by atoms with E-state index in [1.807, 2.05) is 0 Å². The van der Waals surface area contributed by atoms with Crippen molar-refractivity contribution in [2.45, 2.75) is 37.6 Å². The number of oxazole rings is 1. The number of hydrogen-bond donors (Lipinski definition) is 1. The van der Waals surface area contributed by atoms with E-state index in [0.717, 1.165) is 32.4 Å². The monoisotopic (exact) mass is 420 g/mol. The Morgan fingerprint density at radius 3 is 2.55 bits per heavy atom. The van der Waals surface area contributed by atoms with Gasteiger partial charge in [-0.15, -0.1) is 0 Å². The molecule has 29 heavy (non-hydrogen) atoms. The van der Waals surface area contributed by atoms with Crippen molar-refractivity contribution >= 4 is 11.9 Å². The Morgan fingerprint density at radius 1 is 1.31 bits per heavy atom. The molecule has 0 unspecified atom stereocenters. The SMILES string of the molecule is COc1c([C@H]2[C@H](C(=O)Nc3ncco3)O[C@@](C)(C(F)(F)F)[C@H]2C)ccc(F)c1F. The number of alkyl halides is 3. The van der Waals surface area contributed by atoms with Gasteiger partial charge in [0.1, 0.15) is 12.4 Å². The van der Waals surface area contributed by atoms with Crippen LogP contribution in [0.4, 0.5) is 28.0 Å². The van der Waals surface area contributed by atoms with Crippen LogP contribution in [-0.4, -0.2) is 35.9 Å². The lowest BCUT2D eigenvalue weighted by molar-refractivity contribution is -0.272. The van der Waals surface area contributed by atoms with Crippen LogP contribution in [0.2, 0.25) is 0 Å². The van der Waals surface area contributed by atoms with E-state index >= 15 is 0 Å². The maximum absolute atomic E-state index is 14.2. The molecule has 2 aromatic rings. The lowest BCUT2D eigenvalue weighted by Gasteiger charge is -2.32. The van der Waals surface area contributed by atoms with Gasteiger partial charge in [0.15, 0.2) is 17.2 Å². The second-order valence-electron chi connectivity index (χ2n) is 6.77. The Hall–Kier alpha value is -2.69. The van der Waals surface area contributed by atoms with Gasteiger partial charge in [0.25, 0.3) is 5.91 Å². The molecule has 3 rings (SSSR count). The largest absolute Gasteiger partial charge is 0.493 e. The third-order valence-corrected chi connectivity index (χ3v) is 5.23. The van der Waals surface area contributed by atoms with E-state index in [0.29, 0.717) is 0 Å². The molecule has 1 aliphatic heterocycles. The number of carbonyl (C=O) groups excluding carboxylic acids is 1. The second-order valence-corrected chi connectivity index (χ2v) is 6.77. The number of halogens is 5. The second kappa shape index (κ2) is 7.29. The van der Waals surface area contributed by atoms with Crippen LogP contribution in [0.3, 0.4) is 0 Å². The number of rotatable bonds is 4. The van der Waals surface area contributed by atoms with Gasteiger partial charge in [-0.1, -0.05) is 13.0 Å². The van der Waals surface area contributed by atoms with E-state index < -0.39 is 53.0 Å². The zero-order valence-corrected chi connectivity index (χ0v) is 15.5. The van der Waals surface area contributed by atoms with Crippen LogP contribution in [0, 0.1) is 17.6 Å². The van der Waals surface area contributed by atoms with E-state index in [2.05, 4.69) is 10.3 Å². The highest BCUT2D eigenvalue weighted by Gasteiger charge is 2.66. The first-order chi connectivity index (χ1) is 13.5. The number of nitrogens with zero attached hydrogens (tertiary/aromatic N) is 1. The molecule has 1 saturated heterocycles. The number of benzene rings is 1. The Kier molecular flexibility index (Phi) is 5.28. The van der Waals surface area contributed by atoms with Crippen molar-refractivity contribution in [1.29, 1.82) is 0 Å². The van der Waals surface area contributed by atoms with E-state index in [-0.39, 0.29) is 11.6 Å². The molecule has 2 heterocycles. The molecule has 0 radical (unpaired) electrons. The lowest BCUT2D eigenvalue weighted by Crippen LogP contribution is -2.47. The number of hydrogen-bond acceptors (Lipinski definition) is 5. The van der Waals surface area contributed by atoms with E-state index in [4.69, 9.17) is 13.9 Å². The zero-order valence-electron chi connectivity index (χ0n) is 15.5. The average Bonchev–Trinajstić information content (AvgIpc) is 3.24. The summed E-state index contributed by atoms with van der Waals surface area (Å²) in [5.41, 5.74) is -2.86. The number of amides is 1. The smallest absolute Gasteiger partial charge is 0.417 e. The van der Waals surface area contributed by atoms with E-state index in [9.17, 15) is 26.7 Å². The van der Waals surface area contributed by atoms with Crippen LogP contribution < -0.4 is 10.1 Å².